The maximum Gasteiger partial charge on any atom is 0.210 e. The van der Waals surface area contributed by atoms with Gasteiger partial charge in [-0.15, -0.1) is 0 Å². The van der Waals surface area contributed by atoms with E-state index in [2.05, 4.69) is 10.1 Å². The van der Waals surface area contributed by atoms with Gasteiger partial charge in [0.2, 0.25) is 10.0 Å². The third kappa shape index (κ3) is 3.08. The lowest BCUT2D eigenvalue weighted by atomic mass is 10.3. The zero-order chi connectivity index (χ0) is 14.3. The van der Waals surface area contributed by atoms with Gasteiger partial charge in [0.25, 0.3) is 0 Å². The molecule has 2 aromatic rings. The summed E-state index contributed by atoms with van der Waals surface area (Å²) in [5.41, 5.74) is 1.07. The Morgan fingerprint density at radius 3 is 2.53 bits per heavy atom. The van der Waals surface area contributed by atoms with Crippen molar-refractivity contribution in [3.05, 3.63) is 24.0 Å². The van der Waals surface area contributed by atoms with Crippen molar-refractivity contribution in [2.45, 2.75) is 11.9 Å². The Labute approximate surface area is 110 Å². The molecule has 2 rings (SSSR count). The second-order valence-electron chi connectivity index (χ2n) is 4.09. The highest BCUT2D eigenvalue weighted by Gasteiger charge is 2.21. The molecule has 8 nitrogen and oxygen atoms in total. The number of nitrogens with zero attached hydrogens (tertiary/aromatic N) is 3. The van der Waals surface area contributed by atoms with Crippen LogP contribution in [0.4, 0.5) is 0 Å². The molecule has 0 aliphatic heterocycles. The van der Waals surface area contributed by atoms with E-state index in [1.807, 2.05) is 0 Å². The minimum atomic E-state index is -3.84. The van der Waals surface area contributed by atoms with Crippen LogP contribution in [0.3, 0.4) is 0 Å². The summed E-state index contributed by atoms with van der Waals surface area (Å²) in [5, 5.41) is 8.54. The van der Waals surface area contributed by atoms with Crippen molar-refractivity contribution >= 4 is 25.5 Å². The van der Waals surface area contributed by atoms with Gasteiger partial charge in [0, 0.05) is 0 Å². The zero-order valence-electron chi connectivity index (χ0n) is 10.0. The molecule has 0 saturated carbocycles. The Balaban J connectivity index is 2.51. The van der Waals surface area contributed by atoms with Gasteiger partial charge in [-0.2, -0.15) is 5.10 Å². The van der Waals surface area contributed by atoms with Gasteiger partial charge in [-0.3, -0.25) is 0 Å². The summed E-state index contributed by atoms with van der Waals surface area (Å²) in [4.78, 5) is 3.91. The molecular formula is C9H12N4O4S2. The maximum atomic E-state index is 12.1. The lowest BCUT2D eigenvalue weighted by molar-refractivity contribution is 0.582. The molecule has 0 atom stereocenters. The predicted octanol–water partition coefficient (Wildman–Crippen LogP) is -0.900. The van der Waals surface area contributed by atoms with Crippen molar-refractivity contribution in [2.75, 3.05) is 11.5 Å². The van der Waals surface area contributed by atoms with Crippen molar-refractivity contribution in [1.82, 2.24) is 14.6 Å². The van der Waals surface area contributed by atoms with Crippen LogP contribution >= 0.6 is 0 Å². The highest BCUT2D eigenvalue weighted by molar-refractivity contribution is 7.94. The van der Waals surface area contributed by atoms with E-state index in [-0.39, 0.29) is 5.03 Å². The van der Waals surface area contributed by atoms with Crippen LogP contribution in [-0.4, -0.2) is 42.9 Å². The van der Waals surface area contributed by atoms with Gasteiger partial charge in [0.1, 0.15) is 6.33 Å². The maximum absolute atomic E-state index is 12.1. The van der Waals surface area contributed by atoms with Crippen LogP contribution in [0.15, 0.2) is 23.5 Å². The minimum absolute atomic E-state index is 0.0938. The quantitative estimate of drug-likeness (QED) is 0.780. The van der Waals surface area contributed by atoms with E-state index < -0.39 is 31.4 Å². The van der Waals surface area contributed by atoms with Gasteiger partial charge >= 0.3 is 0 Å². The molecular weight excluding hydrogens is 292 g/mol. The molecule has 10 heteroatoms. The fourth-order valence-electron chi connectivity index (χ4n) is 1.57. The van der Waals surface area contributed by atoms with Crippen LogP contribution in [0.25, 0.3) is 5.65 Å². The number of rotatable bonds is 4. The second kappa shape index (κ2) is 4.54. The minimum Gasteiger partial charge on any atom is -0.229 e. The molecule has 104 valence electrons. The molecule has 0 radical (unpaired) electrons. The number of hydrogen-bond donors (Lipinski definition) is 1. The van der Waals surface area contributed by atoms with Crippen LogP contribution in [0.2, 0.25) is 0 Å². The fraction of sp³-hybridized carbons (Fsp3) is 0.333. The van der Waals surface area contributed by atoms with Gasteiger partial charge in [0.15, 0.2) is 20.5 Å². The number of fused-ring (bicyclic) bond motifs is 1. The Morgan fingerprint density at radius 1 is 1.21 bits per heavy atom. The number of sulfone groups is 1. The molecule has 0 unspecified atom stereocenters. The summed E-state index contributed by atoms with van der Waals surface area (Å²) in [6, 6.07) is 3.09. The normalized spacial score (nSPS) is 12.9. The van der Waals surface area contributed by atoms with Gasteiger partial charge in [-0.1, -0.05) is 0 Å². The second-order valence-corrected chi connectivity index (χ2v) is 7.88. The average molecular weight is 304 g/mol. The van der Waals surface area contributed by atoms with Gasteiger partial charge in [0.05, 0.1) is 11.5 Å². The largest absolute Gasteiger partial charge is 0.229 e. The number of sulfonamides is 1. The number of hydrogen-bond acceptors (Lipinski definition) is 6. The zero-order valence-corrected chi connectivity index (χ0v) is 11.6. The van der Waals surface area contributed by atoms with Crippen LogP contribution in [0, 0.1) is 6.92 Å². The summed E-state index contributed by atoms with van der Waals surface area (Å²) in [7, 11) is -7.65. The highest BCUT2D eigenvalue weighted by atomic mass is 32.2. The molecule has 0 aromatic carbocycles. The van der Waals surface area contributed by atoms with E-state index in [1.54, 1.807) is 13.0 Å². The summed E-state index contributed by atoms with van der Waals surface area (Å²) in [5.74, 6) is -1.23. The first-order valence-electron chi connectivity index (χ1n) is 5.23. The lowest BCUT2D eigenvalue weighted by Crippen LogP contribution is -2.24. The molecule has 0 aliphatic carbocycles. The van der Waals surface area contributed by atoms with E-state index in [4.69, 9.17) is 5.14 Å². The van der Waals surface area contributed by atoms with E-state index >= 15 is 0 Å². The van der Waals surface area contributed by atoms with Crippen molar-refractivity contribution in [2.24, 2.45) is 5.14 Å². The van der Waals surface area contributed by atoms with Crippen molar-refractivity contribution in [1.29, 1.82) is 0 Å². The van der Waals surface area contributed by atoms with E-state index in [1.165, 1.54) is 12.4 Å². The van der Waals surface area contributed by atoms with Crippen LogP contribution in [-0.2, 0) is 19.9 Å². The summed E-state index contributed by atoms with van der Waals surface area (Å²) in [6.45, 7) is 1.72. The molecule has 2 heterocycles. The van der Waals surface area contributed by atoms with Crippen LogP contribution < -0.4 is 5.14 Å². The Bertz CT molecular complexity index is 823. The molecule has 0 spiro atoms. The van der Waals surface area contributed by atoms with Crippen molar-refractivity contribution < 1.29 is 16.8 Å². The number of nitrogens with two attached hydrogens (primary N) is 1. The smallest absolute Gasteiger partial charge is 0.210 e. The van der Waals surface area contributed by atoms with Crippen LogP contribution in [0.1, 0.15) is 5.56 Å². The van der Waals surface area contributed by atoms with Crippen LogP contribution in [0.5, 0.6) is 0 Å². The predicted molar refractivity (Wildman–Crippen MR) is 67.8 cm³/mol. The third-order valence-corrected chi connectivity index (χ3v) is 5.15. The standard InChI is InChI=1S/C9H12N4O4S2/c1-7-4-8-11-6-12-13(8)9(5-7)18(14,15)2-3-19(10,16)17/h4-6H,2-3H2,1H3,(H2,10,16,17). The fourth-order valence-corrected chi connectivity index (χ4v) is 4.36. The SMILES string of the molecule is Cc1cc(S(=O)(=O)CCS(N)(=O)=O)n2ncnc2c1. The average Bonchev–Trinajstić information content (AvgIpc) is 2.72. The highest BCUT2D eigenvalue weighted by Crippen LogP contribution is 2.15. The van der Waals surface area contributed by atoms with Crippen molar-refractivity contribution in [3.63, 3.8) is 0 Å². The molecule has 0 amide bonds. The van der Waals surface area contributed by atoms with E-state index in [0.29, 0.717) is 11.2 Å². The number of aryl methyl sites for hydroxylation is 1. The number of pyridine rings is 1. The molecule has 0 fully saturated rings. The number of primary sulfonamides is 1. The molecule has 2 N–H and O–H groups in total. The van der Waals surface area contributed by atoms with Gasteiger partial charge in [-0.05, 0) is 24.6 Å². The first-order chi connectivity index (χ1) is 8.69. The van der Waals surface area contributed by atoms with Gasteiger partial charge < -0.3 is 0 Å². The summed E-state index contributed by atoms with van der Waals surface area (Å²) in [6.07, 6.45) is 1.23. The first kappa shape index (κ1) is 13.9. The molecule has 19 heavy (non-hydrogen) atoms. The lowest BCUT2D eigenvalue weighted by Gasteiger charge is -2.06. The topological polar surface area (TPSA) is 124 Å². The Hall–Kier alpha value is -1.52. The number of aromatic nitrogens is 3. The summed E-state index contributed by atoms with van der Waals surface area (Å²) < 4.78 is 47.2. The van der Waals surface area contributed by atoms with E-state index in [0.717, 1.165) is 4.52 Å². The first-order valence-corrected chi connectivity index (χ1v) is 8.59. The molecule has 0 aliphatic rings. The monoisotopic (exact) mass is 304 g/mol. The molecule has 2 aromatic heterocycles. The van der Waals surface area contributed by atoms with Gasteiger partial charge in [-0.25, -0.2) is 31.5 Å². The molecule has 0 saturated heterocycles. The third-order valence-electron chi connectivity index (χ3n) is 2.45. The Kier molecular flexibility index (Phi) is 3.32. The van der Waals surface area contributed by atoms with E-state index in [9.17, 15) is 16.8 Å². The molecule has 0 bridgehead atoms. The Morgan fingerprint density at radius 2 is 1.89 bits per heavy atom. The summed E-state index contributed by atoms with van der Waals surface area (Å²) >= 11 is 0. The van der Waals surface area contributed by atoms with Crippen molar-refractivity contribution in [3.8, 4) is 0 Å².